The molecular formula is C12H10F3N3O3. The summed E-state index contributed by atoms with van der Waals surface area (Å²) in [5, 5.41) is 17.3. The summed E-state index contributed by atoms with van der Waals surface area (Å²) in [6, 6.07) is 4.12. The van der Waals surface area contributed by atoms with Crippen LogP contribution in [0.25, 0.3) is 0 Å². The van der Waals surface area contributed by atoms with Crippen LogP contribution in [0.5, 0.6) is 0 Å². The zero-order valence-electron chi connectivity index (χ0n) is 10.8. The van der Waals surface area contributed by atoms with Crippen LogP contribution in [-0.4, -0.2) is 46.1 Å². The van der Waals surface area contributed by atoms with E-state index in [1.807, 2.05) is 0 Å². The Balaban J connectivity index is 3.07. The molecule has 9 heteroatoms. The highest BCUT2D eigenvalue weighted by atomic mass is 19.4. The van der Waals surface area contributed by atoms with Gasteiger partial charge in [0.1, 0.15) is 24.9 Å². The second-order valence-corrected chi connectivity index (χ2v) is 4.11. The molecule has 1 N–H and O–H groups in total. The van der Waals surface area contributed by atoms with Crippen molar-refractivity contribution in [2.75, 3.05) is 13.1 Å². The maximum absolute atomic E-state index is 12.4. The fourth-order valence-corrected chi connectivity index (χ4v) is 1.54. The van der Waals surface area contributed by atoms with Gasteiger partial charge >= 0.3 is 12.1 Å². The molecule has 0 aliphatic heterocycles. The van der Waals surface area contributed by atoms with Gasteiger partial charge in [0.25, 0.3) is 5.91 Å². The van der Waals surface area contributed by atoms with Crippen molar-refractivity contribution >= 4 is 11.9 Å². The Morgan fingerprint density at radius 1 is 1.43 bits per heavy atom. The van der Waals surface area contributed by atoms with Gasteiger partial charge in [0.2, 0.25) is 0 Å². The number of rotatable bonds is 4. The Morgan fingerprint density at radius 2 is 2.05 bits per heavy atom. The van der Waals surface area contributed by atoms with Gasteiger partial charge in [-0.25, -0.2) is 4.98 Å². The van der Waals surface area contributed by atoms with Crippen molar-refractivity contribution < 1.29 is 27.9 Å². The topological polar surface area (TPSA) is 94.3 Å². The Hall–Kier alpha value is -2.63. The molecule has 0 saturated heterocycles. The lowest BCUT2D eigenvalue weighted by Crippen LogP contribution is -2.42. The monoisotopic (exact) mass is 301 g/mol. The van der Waals surface area contributed by atoms with Crippen LogP contribution < -0.4 is 0 Å². The summed E-state index contributed by atoms with van der Waals surface area (Å²) < 4.78 is 37.1. The van der Waals surface area contributed by atoms with Crippen molar-refractivity contribution in [2.24, 2.45) is 0 Å². The molecule has 0 saturated carbocycles. The first-order valence-electron chi connectivity index (χ1n) is 5.59. The first-order valence-corrected chi connectivity index (χ1v) is 5.59. The molecule has 0 aliphatic rings. The van der Waals surface area contributed by atoms with Crippen LogP contribution in [0.15, 0.2) is 12.1 Å². The van der Waals surface area contributed by atoms with Gasteiger partial charge in [-0.3, -0.25) is 9.59 Å². The molecule has 0 aromatic carbocycles. The average Bonchev–Trinajstić information content (AvgIpc) is 2.34. The smallest absolute Gasteiger partial charge is 0.406 e. The Bertz CT molecular complexity index is 608. The van der Waals surface area contributed by atoms with E-state index in [-0.39, 0.29) is 21.9 Å². The number of aromatic nitrogens is 1. The number of hydrogen-bond acceptors (Lipinski definition) is 4. The fraction of sp³-hybridized carbons (Fsp3) is 0.333. The minimum Gasteiger partial charge on any atom is -0.480 e. The van der Waals surface area contributed by atoms with Crippen LogP contribution in [0.2, 0.25) is 0 Å². The number of halogens is 3. The first-order chi connectivity index (χ1) is 9.64. The predicted molar refractivity (Wildman–Crippen MR) is 63.3 cm³/mol. The van der Waals surface area contributed by atoms with Crippen molar-refractivity contribution in [1.82, 2.24) is 9.88 Å². The molecule has 112 valence electrons. The molecule has 21 heavy (non-hydrogen) atoms. The number of pyridine rings is 1. The van der Waals surface area contributed by atoms with Crippen molar-refractivity contribution in [2.45, 2.75) is 13.1 Å². The third-order valence-electron chi connectivity index (χ3n) is 2.41. The molecular weight excluding hydrogens is 291 g/mol. The van der Waals surface area contributed by atoms with Gasteiger partial charge in [-0.1, -0.05) is 0 Å². The number of nitrogens with zero attached hydrogens (tertiary/aromatic N) is 3. The molecule has 0 spiro atoms. The summed E-state index contributed by atoms with van der Waals surface area (Å²) in [5.41, 5.74) is -0.00482. The summed E-state index contributed by atoms with van der Waals surface area (Å²) in [7, 11) is 0. The summed E-state index contributed by atoms with van der Waals surface area (Å²) >= 11 is 0. The maximum Gasteiger partial charge on any atom is 0.406 e. The highest BCUT2D eigenvalue weighted by Crippen LogP contribution is 2.18. The summed E-state index contributed by atoms with van der Waals surface area (Å²) in [6.45, 7) is -1.38. The molecule has 1 aromatic rings. The molecule has 0 aliphatic carbocycles. The second-order valence-electron chi connectivity index (χ2n) is 4.11. The molecule has 1 heterocycles. The predicted octanol–water partition coefficient (Wildman–Crippen LogP) is 1.35. The molecule has 1 aromatic heterocycles. The normalized spacial score (nSPS) is 10.8. The van der Waals surface area contributed by atoms with E-state index in [2.05, 4.69) is 4.98 Å². The molecule has 1 rings (SSSR count). The van der Waals surface area contributed by atoms with Crippen molar-refractivity contribution in [3.63, 3.8) is 0 Å². The number of aliphatic carboxylic acids is 1. The van der Waals surface area contributed by atoms with Gasteiger partial charge in [0.05, 0.1) is 11.3 Å². The van der Waals surface area contributed by atoms with Gasteiger partial charge in [-0.2, -0.15) is 18.4 Å². The highest BCUT2D eigenvalue weighted by Gasteiger charge is 2.34. The van der Waals surface area contributed by atoms with E-state index in [1.165, 1.54) is 13.0 Å². The van der Waals surface area contributed by atoms with Crippen LogP contribution in [0, 0.1) is 18.3 Å². The first kappa shape index (κ1) is 16.4. The zero-order valence-corrected chi connectivity index (χ0v) is 10.8. The Kier molecular flexibility index (Phi) is 4.86. The molecule has 0 atom stereocenters. The Labute approximate surface area is 117 Å². The fourth-order valence-electron chi connectivity index (χ4n) is 1.54. The number of hydrogen-bond donors (Lipinski definition) is 1. The van der Waals surface area contributed by atoms with Crippen molar-refractivity contribution in [3.05, 3.63) is 29.1 Å². The lowest BCUT2D eigenvalue weighted by atomic mass is 10.2. The standard InChI is InChI=1S/C12H10F3N3O3/c1-7-8(4-16)2-3-9(17-7)11(21)18(5-10(19)20)6-12(13,14)15/h2-3H,5-6H2,1H3,(H,19,20). The van der Waals surface area contributed by atoms with E-state index < -0.39 is 31.1 Å². The van der Waals surface area contributed by atoms with Crippen molar-refractivity contribution in [1.29, 1.82) is 5.26 Å². The van der Waals surface area contributed by atoms with E-state index in [4.69, 9.17) is 10.4 Å². The summed E-state index contributed by atoms with van der Waals surface area (Å²) in [4.78, 5) is 26.4. The van der Waals surface area contributed by atoms with Gasteiger partial charge in [0.15, 0.2) is 0 Å². The third-order valence-corrected chi connectivity index (χ3v) is 2.41. The SMILES string of the molecule is Cc1nc(C(=O)N(CC(=O)O)CC(F)(F)F)ccc1C#N. The quantitative estimate of drug-likeness (QED) is 0.906. The second kappa shape index (κ2) is 6.21. The number of carbonyl (C=O) groups excluding carboxylic acids is 1. The van der Waals surface area contributed by atoms with E-state index >= 15 is 0 Å². The minimum atomic E-state index is -4.73. The van der Waals surface area contributed by atoms with E-state index in [0.717, 1.165) is 6.07 Å². The molecule has 0 fully saturated rings. The average molecular weight is 301 g/mol. The van der Waals surface area contributed by atoms with Crippen LogP contribution in [0.1, 0.15) is 21.7 Å². The lowest BCUT2D eigenvalue weighted by molar-refractivity contribution is -0.149. The van der Waals surface area contributed by atoms with Gasteiger partial charge in [-0.15, -0.1) is 0 Å². The lowest BCUT2D eigenvalue weighted by Gasteiger charge is -2.21. The van der Waals surface area contributed by atoms with Crippen LogP contribution in [-0.2, 0) is 4.79 Å². The van der Waals surface area contributed by atoms with Crippen molar-refractivity contribution in [3.8, 4) is 6.07 Å². The van der Waals surface area contributed by atoms with Gasteiger partial charge in [0, 0.05) is 0 Å². The Morgan fingerprint density at radius 3 is 2.48 bits per heavy atom. The number of alkyl halides is 3. The largest absolute Gasteiger partial charge is 0.480 e. The summed E-state index contributed by atoms with van der Waals surface area (Å²) in [6.07, 6.45) is -4.73. The van der Waals surface area contributed by atoms with E-state index in [9.17, 15) is 22.8 Å². The van der Waals surface area contributed by atoms with Crippen LogP contribution >= 0.6 is 0 Å². The molecule has 0 bridgehead atoms. The zero-order chi connectivity index (χ0) is 16.2. The summed E-state index contributed by atoms with van der Waals surface area (Å²) in [5.74, 6) is -2.74. The number of carboxylic acid groups (broad SMARTS) is 1. The number of amides is 1. The molecule has 0 unspecified atom stereocenters. The van der Waals surface area contributed by atoms with E-state index in [0.29, 0.717) is 0 Å². The third kappa shape index (κ3) is 4.76. The van der Waals surface area contributed by atoms with Gasteiger partial charge < -0.3 is 10.0 Å². The molecule has 0 radical (unpaired) electrons. The van der Waals surface area contributed by atoms with Gasteiger partial charge in [-0.05, 0) is 19.1 Å². The molecule has 1 amide bonds. The maximum atomic E-state index is 12.4. The molecule has 6 nitrogen and oxygen atoms in total. The minimum absolute atomic E-state index is 0.135. The number of carbonyl (C=O) groups is 2. The number of nitriles is 1. The van der Waals surface area contributed by atoms with Crippen LogP contribution in [0.4, 0.5) is 13.2 Å². The number of carboxylic acids is 1. The number of aryl methyl sites for hydroxylation is 1. The highest BCUT2D eigenvalue weighted by molar-refractivity contribution is 5.94. The van der Waals surface area contributed by atoms with Crippen LogP contribution in [0.3, 0.4) is 0 Å². The van der Waals surface area contributed by atoms with E-state index in [1.54, 1.807) is 6.07 Å².